The Morgan fingerprint density at radius 2 is 1.79 bits per heavy atom. The van der Waals surface area contributed by atoms with E-state index in [-0.39, 0.29) is 5.91 Å². The molecule has 0 spiro atoms. The highest BCUT2D eigenvalue weighted by Gasteiger charge is 2.22. The van der Waals surface area contributed by atoms with Gasteiger partial charge in [-0.15, -0.1) is 11.8 Å². The first kappa shape index (κ1) is 23.4. The number of anilines is 1. The van der Waals surface area contributed by atoms with Gasteiger partial charge in [0.25, 0.3) is 0 Å². The van der Waals surface area contributed by atoms with Crippen molar-refractivity contribution in [3.63, 3.8) is 0 Å². The summed E-state index contributed by atoms with van der Waals surface area (Å²) in [7, 11) is 3.25. The van der Waals surface area contributed by atoms with Gasteiger partial charge in [0.05, 0.1) is 30.5 Å². The first-order valence-corrected chi connectivity index (χ1v) is 12.5. The molecule has 0 atom stereocenters. The van der Waals surface area contributed by atoms with E-state index in [1.54, 1.807) is 43.0 Å². The van der Waals surface area contributed by atoms with Crippen LogP contribution < -0.4 is 14.4 Å². The molecule has 0 aliphatic carbocycles. The van der Waals surface area contributed by atoms with E-state index in [4.69, 9.17) is 26.1 Å². The summed E-state index contributed by atoms with van der Waals surface area (Å²) >= 11 is 9.46. The van der Waals surface area contributed by atoms with Crippen LogP contribution in [0.2, 0.25) is 5.02 Å². The fourth-order valence-corrected chi connectivity index (χ4v) is 5.43. The Morgan fingerprint density at radius 3 is 2.48 bits per heavy atom. The molecule has 0 N–H and O–H groups in total. The van der Waals surface area contributed by atoms with Crippen LogP contribution in [-0.4, -0.2) is 30.9 Å². The predicted octanol–water partition coefficient (Wildman–Crippen LogP) is 6.68. The molecule has 0 unspecified atom stereocenters. The SMILES string of the molecule is COc1ccc(SCCC(=O)N(Cc2ccccc2)c2nc3c(OC)ccc(Cl)c3s2)cc1. The Morgan fingerprint density at radius 1 is 1.03 bits per heavy atom. The summed E-state index contributed by atoms with van der Waals surface area (Å²) in [5.74, 6) is 2.12. The average Bonchev–Trinajstić information content (AvgIpc) is 3.30. The Labute approximate surface area is 206 Å². The van der Waals surface area contributed by atoms with Crippen molar-refractivity contribution in [2.24, 2.45) is 0 Å². The van der Waals surface area contributed by atoms with Crippen molar-refractivity contribution in [1.29, 1.82) is 0 Å². The third kappa shape index (κ3) is 5.61. The van der Waals surface area contributed by atoms with Crippen LogP contribution in [0.1, 0.15) is 12.0 Å². The van der Waals surface area contributed by atoms with Gasteiger partial charge in [-0.05, 0) is 42.0 Å². The number of thiazole rings is 1. The van der Waals surface area contributed by atoms with Crippen LogP contribution in [0, 0.1) is 0 Å². The Kier molecular flexibility index (Phi) is 7.75. The highest BCUT2D eigenvalue weighted by molar-refractivity contribution is 7.99. The number of hydrogen-bond acceptors (Lipinski definition) is 6. The van der Waals surface area contributed by atoms with Gasteiger partial charge in [0.15, 0.2) is 5.13 Å². The molecule has 8 heteroatoms. The second-order valence-corrected chi connectivity index (χ2v) is 9.72. The second-order valence-electron chi connectivity index (χ2n) is 7.16. The van der Waals surface area contributed by atoms with E-state index in [0.29, 0.717) is 40.1 Å². The summed E-state index contributed by atoms with van der Waals surface area (Å²) < 4.78 is 11.5. The van der Waals surface area contributed by atoms with E-state index < -0.39 is 0 Å². The van der Waals surface area contributed by atoms with Crippen LogP contribution in [0.4, 0.5) is 5.13 Å². The van der Waals surface area contributed by atoms with E-state index in [9.17, 15) is 4.79 Å². The maximum absolute atomic E-state index is 13.3. The molecule has 0 saturated heterocycles. The van der Waals surface area contributed by atoms with Gasteiger partial charge >= 0.3 is 0 Å². The fraction of sp³-hybridized carbons (Fsp3) is 0.200. The lowest BCUT2D eigenvalue weighted by molar-refractivity contribution is -0.118. The summed E-state index contributed by atoms with van der Waals surface area (Å²) in [6, 6.07) is 21.3. The number of fused-ring (bicyclic) bond motifs is 1. The lowest BCUT2D eigenvalue weighted by atomic mass is 10.2. The van der Waals surface area contributed by atoms with Crippen LogP contribution in [0.5, 0.6) is 11.5 Å². The molecule has 1 aromatic heterocycles. The number of amides is 1. The first-order valence-electron chi connectivity index (χ1n) is 10.3. The smallest absolute Gasteiger partial charge is 0.229 e. The zero-order valence-electron chi connectivity index (χ0n) is 18.3. The molecule has 170 valence electrons. The topological polar surface area (TPSA) is 51.7 Å². The third-order valence-corrected chi connectivity index (χ3v) is 7.58. The van der Waals surface area contributed by atoms with Gasteiger partial charge in [0.2, 0.25) is 5.91 Å². The Bertz CT molecular complexity index is 1230. The lowest BCUT2D eigenvalue weighted by Gasteiger charge is -2.20. The van der Waals surface area contributed by atoms with E-state index in [1.807, 2.05) is 54.6 Å². The minimum atomic E-state index is 0.00834. The molecule has 3 aromatic carbocycles. The molecule has 0 bridgehead atoms. The Balaban J connectivity index is 1.56. The minimum Gasteiger partial charge on any atom is -0.497 e. The van der Waals surface area contributed by atoms with Crippen molar-refractivity contribution < 1.29 is 14.3 Å². The molecule has 4 aromatic rings. The normalized spacial score (nSPS) is 10.9. The molecule has 0 saturated carbocycles. The van der Waals surface area contributed by atoms with Crippen LogP contribution in [-0.2, 0) is 11.3 Å². The number of carbonyl (C=O) groups excluding carboxylic acids is 1. The van der Waals surface area contributed by atoms with Gasteiger partial charge in [-0.25, -0.2) is 4.98 Å². The average molecular weight is 499 g/mol. The summed E-state index contributed by atoms with van der Waals surface area (Å²) in [5.41, 5.74) is 1.70. The number of ether oxygens (including phenoxy) is 2. The van der Waals surface area contributed by atoms with Crippen molar-refractivity contribution in [3.05, 3.63) is 77.3 Å². The van der Waals surface area contributed by atoms with E-state index in [0.717, 1.165) is 20.9 Å². The largest absolute Gasteiger partial charge is 0.497 e. The van der Waals surface area contributed by atoms with E-state index in [1.165, 1.54) is 11.3 Å². The molecule has 1 heterocycles. The molecule has 0 aliphatic rings. The molecule has 4 rings (SSSR count). The molecule has 0 fully saturated rings. The van der Waals surface area contributed by atoms with Crippen LogP contribution in [0.3, 0.4) is 0 Å². The second kappa shape index (κ2) is 10.9. The summed E-state index contributed by atoms with van der Waals surface area (Å²) in [6.07, 6.45) is 0.379. The van der Waals surface area contributed by atoms with E-state index in [2.05, 4.69) is 0 Å². The van der Waals surface area contributed by atoms with Crippen molar-refractivity contribution in [1.82, 2.24) is 4.98 Å². The quantitative estimate of drug-likeness (QED) is 0.241. The zero-order chi connectivity index (χ0) is 23.2. The van der Waals surface area contributed by atoms with E-state index >= 15 is 0 Å². The molecule has 33 heavy (non-hydrogen) atoms. The van der Waals surface area contributed by atoms with Crippen molar-refractivity contribution >= 4 is 56.0 Å². The predicted molar refractivity (Wildman–Crippen MR) is 137 cm³/mol. The molecular formula is C25H23ClN2O3S2. The molecular weight excluding hydrogens is 476 g/mol. The fourth-order valence-electron chi connectivity index (χ4n) is 3.31. The number of thioether (sulfide) groups is 1. The monoisotopic (exact) mass is 498 g/mol. The molecule has 1 amide bonds. The highest BCUT2D eigenvalue weighted by atomic mass is 35.5. The number of halogens is 1. The van der Waals surface area contributed by atoms with Gasteiger partial charge in [-0.2, -0.15) is 0 Å². The third-order valence-electron chi connectivity index (χ3n) is 5.03. The van der Waals surface area contributed by atoms with Crippen molar-refractivity contribution in [3.8, 4) is 11.5 Å². The lowest BCUT2D eigenvalue weighted by Crippen LogP contribution is -2.30. The van der Waals surface area contributed by atoms with Gasteiger partial charge in [0, 0.05) is 17.1 Å². The number of hydrogen-bond donors (Lipinski definition) is 0. The zero-order valence-corrected chi connectivity index (χ0v) is 20.7. The van der Waals surface area contributed by atoms with Gasteiger partial charge in [0.1, 0.15) is 17.0 Å². The minimum absolute atomic E-state index is 0.00834. The van der Waals surface area contributed by atoms with Gasteiger partial charge in [-0.1, -0.05) is 53.3 Å². The highest BCUT2D eigenvalue weighted by Crippen LogP contribution is 2.39. The number of benzene rings is 3. The summed E-state index contributed by atoms with van der Waals surface area (Å²) in [4.78, 5) is 20.9. The molecule has 5 nitrogen and oxygen atoms in total. The maximum atomic E-state index is 13.3. The Hall–Kier alpha value is -2.74. The van der Waals surface area contributed by atoms with Crippen molar-refractivity contribution in [2.45, 2.75) is 17.9 Å². The number of methoxy groups -OCH3 is 2. The van der Waals surface area contributed by atoms with Crippen LogP contribution in [0.25, 0.3) is 10.2 Å². The first-order chi connectivity index (χ1) is 16.1. The number of rotatable bonds is 9. The molecule has 0 aliphatic heterocycles. The molecule has 0 radical (unpaired) electrons. The van der Waals surface area contributed by atoms with Crippen LogP contribution in [0.15, 0.2) is 71.6 Å². The van der Waals surface area contributed by atoms with Gasteiger partial charge < -0.3 is 9.47 Å². The number of aromatic nitrogens is 1. The number of carbonyl (C=O) groups is 1. The van der Waals surface area contributed by atoms with Crippen molar-refractivity contribution in [2.75, 3.05) is 24.9 Å². The van der Waals surface area contributed by atoms with Crippen LogP contribution >= 0.6 is 34.7 Å². The summed E-state index contributed by atoms with van der Waals surface area (Å²) in [5, 5.41) is 1.21. The van der Waals surface area contributed by atoms with Gasteiger partial charge in [-0.3, -0.25) is 9.69 Å². The number of nitrogens with zero attached hydrogens (tertiary/aromatic N) is 2. The summed E-state index contributed by atoms with van der Waals surface area (Å²) in [6.45, 7) is 0.437. The standard InChI is InChI=1S/C25H23ClN2O3S2/c1-30-18-8-10-19(11-9-18)32-15-14-22(29)28(16-17-6-4-3-5-7-17)25-27-23-21(31-2)13-12-20(26)24(23)33-25/h3-13H,14-16H2,1-2H3. The maximum Gasteiger partial charge on any atom is 0.229 e.